The maximum atomic E-state index is 13.7. The van der Waals surface area contributed by atoms with Crippen LogP contribution in [-0.2, 0) is 16.1 Å². The molecule has 1 saturated carbocycles. The molecule has 0 bridgehead atoms. The topological polar surface area (TPSA) is 106 Å². The molecule has 3 amide bonds. The number of amides is 3. The van der Waals surface area contributed by atoms with Gasteiger partial charge in [0.15, 0.2) is 0 Å². The van der Waals surface area contributed by atoms with Gasteiger partial charge in [-0.1, -0.05) is 60.5 Å². The Morgan fingerprint density at radius 2 is 1.79 bits per heavy atom. The number of urea groups is 1. The second kappa shape index (κ2) is 9.09. The first-order chi connectivity index (χ1) is 16.6. The Labute approximate surface area is 196 Å². The number of hydrogen-bond acceptors (Lipinski definition) is 7. The zero-order valence-electron chi connectivity index (χ0n) is 18.7. The van der Waals surface area contributed by atoms with Crippen molar-refractivity contribution in [1.82, 2.24) is 15.0 Å². The van der Waals surface area contributed by atoms with Crippen LogP contribution in [0.1, 0.15) is 41.9 Å². The van der Waals surface area contributed by atoms with Crippen LogP contribution < -0.4 is 4.90 Å². The number of hydrogen-bond donors (Lipinski definition) is 0. The van der Waals surface area contributed by atoms with Gasteiger partial charge in [0.2, 0.25) is 17.6 Å². The Morgan fingerprint density at radius 3 is 2.59 bits per heavy atom. The van der Waals surface area contributed by atoms with Gasteiger partial charge < -0.3 is 14.2 Å². The molecular weight excluding hydrogens is 436 g/mol. The minimum atomic E-state index is -0.613. The highest BCUT2D eigenvalue weighted by atomic mass is 16.5. The summed E-state index contributed by atoms with van der Waals surface area (Å²) in [5.41, 5.74) is 1.18. The zero-order chi connectivity index (χ0) is 23.7. The van der Waals surface area contributed by atoms with Gasteiger partial charge in [-0.05, 0) is 25.0 Å². The summed E-state index contributed by atoms with van der Waals surface area (Å²) in [6, 6.07) is 15.1. The van der Waals surface area contributed by atoms with Gasteiger partial charge in [-0.15, -0.1) is 0 Å². The highest BCUT2D eigenvalue weighted by Gasteiger charge is 2.48. The fourth-order valence-corrected chi connectivity index (χ4v) is 4.83. The predicted octanol–water partition coefficient (Wildman–Crippen LogP) is 4.05. The molecule has 1 aliphatic heterocycles. The number of ether oxygens (including phenoxy) is 1. The van der Waals surface area contributed by atoms with E-state index in [1.165, 1.54) is 7.11 Å². The van der Waals surface area contributed by atoms with Crippen LogP contribution in [0.25, 0.3) is 11.4 Å². The molecule has 1 saturated heterocycles. The standard InChI is InChI=1S/C25H24N4O5/c1-33-24(31)18-12-6-8-14-20(18)29-23(30)17-11-5-7-13-19(17)28(25(29)32)15-21-26-22(27-34-21)16-9-3-2-4-10-16/h2-4,6,8-10,12,14,17,19H,5,7,11,13,15H2,1H3. The van der Waals surface area contributed by atoms with Crippen LogP contribution in [0.4, 0.5) is 10.5 Å². The van der Waals surface area contributed by atoms with E-state index in [4.69, 9.17) is 9.26 Å². The van der Waals surface area contributed by atoms with Crippen LogP contribution in [0, 0.1) is 5.92 Å². The van der Waals surface area contributed by atoms with E-state index >= 15 is 0 Å². The lowest BCUT2D eigenvalue weighted by Gasteiger charge is -2.46. The summed E-state index contributed by atoms with van der Waals surface area (Å²) < 4.78 is 10.3. The molecule has 5 rings (SSSR count). The van der Waals surface area contributed by atoms with Crippen LogP contribution in [0.15, 0.2) is 59.1 Å². The number of nitrogens with zero attached hydrogens (tertiary/aromatic N) is 4. The smallest absolute Gasteiger partial charge is 0.339 e. The molecule has 2 heterocycles. The number of para-hydroxylation sites is 1. The van der Waals surface area contributed by atoms with Gasteiger partial charge in [0.25, 0.3) is 0 Å². The summed E-state index contributed by atoms with van der Waals surface area (Å²) in [4.78, 5) is 46.8. The van der Waals surface area contributed by atoms with Crippen LogP contribution in [0.2, 0.25) is 0 Å². The quantitative estimate of drug-likeness (QED) is 0.529. The summed E-state index contributed by atoms with van der Waals surface area (Å²) in [5, 5.41) is 4.06. The fourth-order valence-electron chi connectivity index (χ4n) is 4.83. The molecule has 0 spiro atoms. The minimum Gasteiger partial charge on any atom is -0.465 e. The van der Waals surface area contributed by atoms with E-state index < -0.39 is 12.0 Å². The molecule has 0 N–H and O–H groups in total. The van der Waals surface area contributed by atoms with Gasteiger partial charge in [-0.25, -0.2) is 14.5 Å². The van der Waals surface area contributed by atoms with Crippen LogP contribution >= 0.6 is 0 Å². The highest BCUT2D eigenvalue weighted by Crippen LogP contribution is 2.38. The van der Waals surface area contributed by atoms with Crippen molar-refractivity contribution in [3.63, 3.8) is 0 Å². The van der Waals surface area contributed by atoms with Crippen LogP contribution in [-0.4, -0.2) is 46.1 Å². The normalized spacial score (nSPS) is 20.3. The molecule has 2 fully saturated rings. The Morgan fingerprint density at radius 1 is 1.06 bits per heavy atom. The summed E-state index contributed by atoms with van der Waals surface area (Å²) in [5.74, 6) is -0.555. The summed E-state index contributed by atoms with van der Waals surface area (Å²) >= 11 is 0. The van der Waals surface area contributed by atoms with Crippen molar-refractivity contribution >= 4 is 23.6 Å². The Kier molecular flexibility index (Phi) is 5.83. The van der Waals surface area contributed by atoms with E-state index in [1.807, 2.05) is 30.3 Å². The average Bonchev–Trinajstić information content (AvgIpc) is 3.36. The number of fused-ring (bicyclic) bond motifs is 1. The third kappa shape index (κ3) is 3.83. The number of rotatable bonds is 5. The van der Waals surface area contributed by atoms with Crippen molar-refractivity contribution in [2.45, 2.75) is 38.3 Å². The van der Waals surface area contributed by atoms with Crippen molar-refractivity contribution in [3.05, 3.63) is 66.1 Å². The number of aromatic nitrogens is 2. The lowest BCUT2D eigenvalue weighted by Crippen LogP contribution is -2.62. The Bertz CT molecular complexity index is 1220. The van der Waals surface area contributed by atoms with Gasteiger partial charge in [-0.2, -0.15) is 4.98 Å². The second-order valence-electron chi connectivity index (χ2n) is 8.43. The number of benzene rings is 2. The van der Waals surface area contributed by atoms with E-state index in [0.29, 0.717) is 18.7 Å². The predicted molar refractivity (Wildman–Crippen MR) is 122 cm³/mol. The number of imide groups is 1. The van der Waals surface area contributed by atoms with Crippen molar-refractivity contribution < 1.29 is 23.6 Å². The fraction of sp³-hybridized carbons (Fsp3) is 0.320. The van der Waals surface area contributed by atoms with E-state index in [-0.39, 0.29) is 41.6 Å². The van der Waals surface area contributed by atoms with Gasteiger partial charge >= 0.3 is 12.0 Å². The highest BCUT2D eigenvalue weighted by molar-refractivity contribution is 6.19. The molecule has 3 aromatic rings. The molecule has 2 unspecified atom stereocenters. The first kappa shape index (κ1) is 21.8. The molecule has 2 aliphatic rings. The van der Waals surface area contributed by atoms with Crippen molar-refractivity contribution in [2.75, 3.05) is 12.0 Å². The average molecular weight is 460 g/mol. The summed E-state index contributed by atoms with van der Waals surface area (Å²) in [6.45, 7) is 0.0734. The molecule has 0 radical (unpaired) electrons. The van der Waals surface area contributed by atoms with E-state index in [0.717, 1.165) is 23.3 Å². The number of esters is 1. The Hall–Kier alpha value is -4.01. The van der Waals surface area contributed by atoms with E-state index in [2.05, 4.69) is 10.1 Å². The third-order valence-corrected chi connectivity index (χ3v) is 6.46. The Balaban J connectivity index is 1.50. The van der Waals surface area contributed by atoms with E-state index in [9.17, 15) is 14.4 Å². The van der Waals surface area contributed by atoms with Gasteiger partial charge in [0, 0.05) is 11.6 Å². The second-order valence-corrected chi connectivity index (χ2v) is 8.43. The molecule has 9 heteroatoms. The van der Waals surface area contributed by atoms with E-state index in [1.54, 1.807) is 29.2 Å². The maximum Gasteiger partial charge on any atom is 0.339 e. The molecule has 9 nitrogen and oxygen atoms in total. The molecule has 1 aliphatic carbocycles. The SMILES string of the molecule is COC(=O)c1ccccc1N1C(=O)C2CCCCC2N(Cc2nc(-c3ccccc3)no2)C1=O. The molecule has 34 heavy (non-hydrogen) atoms. The number of carbonyl (C=O) groups excluding carboxylic acids is 3. The largest absolute Gasteiger partial charge is 0.465 e. The molecule has 174 valence electrons. The van der Waals surface area contributed by atoms with Gasteiger partial charge in [0.1, 0.15) is 6.54 Å². The number of methoxy groups -OCH3 is 1. The first-order valence-electron chi connectivity index (χ1n) is 11.3. The number of carbonyl (C=O) groups is 3. The van der Waals surface area contributed by atoms with Gasteiger partial charge in [-0.3, -0.25) is 4.79 Å². The maximum absolute atomic E-state index is 13.7. The van der Waals surface area contributed by atoms with Crippen LogP contribution in [0.5, 0.6) is 0 Å². The lowest BCUT2D eigenvalue weighted by atomic mass is 9.81. The van der Waals surface area contributed by atoms with Crippen molar-refractivity contribution in [1.29, 1.82) is 0 Å². The first-order valence-corrected chi connectivity index (χ1v) is 11.3. The zero-order valence-corrected chi connectivity index (χ0v) is 18.7. The molecule has 2 atom stereocenters. The van der Waals surface area contributed by atoms with Crippen molar-refractivity contribution in [2.24, 2.45) is 5.92 Å². The van der Waals surface area contributed by atoms with Crippen LogP contribution in [0.3, 0.4) is 0 Å². The lowest BCUT2D eigenvalue weighted by molar-refractivity contribution is -0.127. The molecule has 1 aromatic heterocycles. The minimum absolute atomic E-state index is 0.0734. The third-order valence-electron chi connectivity index (χ3n) is 6.46. The molecular formula is C25H24N4O5. The van der Waals surface area contributed by atoms with Gasteiger partial charge in [0.05, 0.1) is 24.3 Å². The summed E-state index contributed by atoms with van der Waals surface area (Å²) in [7, 11) is 1.27. The van der Waals surface area contributed by atoms with Crippen molar-refractivity contribution in [3.8, 4) is 11.4 Å². The molecule has 2 aromatic carbocycles. The number of anilines is 1. The monoisotopic (exact) mass is 460 g/mol. The summed E-state index contributed by atoms with van der Waals surface area (Å²) in [6.07, 6.45) is 3.22.